The average molecular weight is 288 g/mol. The molecule has 110 valence electrons. The Labute approximate surface area is 122 Å². The van der Waals surface area contributed by atoms with Gasteiger partial charge < -0.3 is 14.8 Å². The Morgan fingerprint density at radius 2 is 1.95 bits per heavy atom. The van der Waals surface area contributed by atoms with Crippen LogP contribution in [0.5, 0.6) is 11.6 Å². The van der Waals surface area contributed by atoms with Crippen LogP contribution in [0.25, 0.3) is 0 Å². The van der Waals surface area contributed by atoms with Crippen LogP contribution in [0.4, 0.5) is 0 Å². The zero-order chi connectivity index (χ0) is 14.7. The number of hydrogen-bond donors (Lipinski definition) is 1. The van der Waals surface area contributed by atoms with Crippen molar-refractivity contribution in [3.05, 3.63) is 30.0 Å². The maximum absolute atomic E-state index is 11.8. The van der Waals surface area contributed by atoms with Gasteiger partial charge in [-0.1, -0.05) is 12.2 Å². The number of nitrogens with zero attached hydrogens (tertiary/aromatic N) is 1. The maximum Gasteiger partial charge on any atom is 0.312 e. The van der Waals surface area contributed by atoms with Gasteiger partial charge in [-0.2, -0.15) is 0 Å². The number of pyridine rings is 1. The van der Waals surface area contributed by atoms with Crippen LogP contribution in [-0.4, -0.2) is 23.5 Å². The zero-order valence-electron chi connectivity index (χ0n) is 11.5. The minimum Gasteiger partial charge on any atom is -0.426 e. The summed E-state index contributed by atoms with van der Waals surface area (Å²) in [7, 11) is 0. The summed E-state index contributed by atoms with van der Waals surface area (Å²) in [5, 5.41) is 3.29. The monoisotopic (exact) mass is 288 g/mol. The predicted octanol–water partition coefficient (Wildman–Crippen LogP) is 1.67. The first kappa shape index (κ1) is 13.8. The van der Waals surface area contributed by atoms with Crippen LogP contribution in [0, 0.1) is 0 Å². The summed E-state index contributed by atoms with van der Waals surface area (Å²) in [5.74, 6) is -0.0797. The van der Waals surface area contributed by atoms with Gasteiger partial charge in [-0.3, -0.25) is 9.59 Å². The van der Waals surface area contributed by atoms with Gasteiger partial charge in [0.2, 0.25) is 5.88 Å². The van der Waals surface area contributed by atoms with Gasteiger partial charge in [0.15, 0.2) is 0 Å². The van der Waals surface area contributed by atoms with Crippen LogP contribution in [0.1, 0.15) is 37.3 Å². The molecule has 0 amide bonds. The minimum absolute atomic E-state index is 0.0891. The smallest absolute Gasteiger partial charge is 0.312 e. The van der Waals surface area contributed by atoms with E-state index in [0.717, 1.165) is 6.42 Å². The first-order valence-electron chi connectivity index (χ1n) is 7.02. The minimum atomic E-state index is -0.373. The number of fused-ring (bicyclic) bond motifs is 2. The van der Waals surface area contributed by atoms with E-state index in [-0.39, 0.29) is 36.7 Å². The number of rotatable bonds is 1. The van der Waals surface area contributed by atoms with Gasteiger partial charge >= 0.3 is 11.9 Å². The molecule has 1 N–H and O–H groups in total. The molecule has 1 aromatic rings. The highest BCUT2D eigenvalue weighted by atomic mass is 16.6. The summed E-state index contributed by atoms with van der Waals surface area (Å²) >= 11 is 0. The Kier molecular flexibility index (Phi) is 3.96. The summed E-state index contributed by atoms with van der Waals surface area (Å²) in [5.41, 5.74) is 0.630. The SMILES string of the molecule is O=C1CCCC(=O)Oc2nccc(c2C2CC=CCN2)O1. The molecule has 0 radical (unpaired) electrons. The van der Waals surface area contributed by atoms with Crippen LogP contribution in [0.15, 0.2) is 24.4 Å². The Hall–Kier alpha value is -2.21. The van der Waals surface area contributed by atoms with Crippen LogP contribution < -0.4 is 14.8 Å². The molecule has 0 spiro atoms. The molecule has 21 heavy (non-hydrogen) atoms. The van der Waals surface area contributed by atoms with E-state index in [2.05, 4.69) is 10.3 Å². The van der Waals surface area contributed by atoms with Crippen molar-refractivity contribution in [3.63, 3.8) is 0 Å². The molecule has 0 aliphatic carbocycles. The fourth-order valence-corrected chi connectivity index (χ4v) is 2.47. The summed E-state index contributed by atoms with van der Waals surface area (Å²) in [6.45, 7) is 0.709. The summed E-state index contributed by atoms with van der Waals surface area (Å²) in [6, 6.07) is 1.54. The fraction of sp³-hybridized carbons (Fsp3) is 0.400. The van der Waals surface area contributed by atoms with Crippen molar-refractivity contribution < 1.29 is 19.1 Å². The lowest BCUT2D eigenvalue weighted by atomic mass is 10.0. The molecule has 0 aromatic carbocycles. The Bertz CT molecular complexity index is 561. The van der Waals surface area contributed by atoms with Gasteiger partial charge in [-0.25, -0.2) is 4.98 Å². The summed E-state index contributed by atoms with van der Waals surface area (Å²) < 4.78 is 10.8. The van der Waals surface area contributed by atoms with Gasteiger partial charge in [0.25, 0.3) is 0 Å². The van der Waals surface area contributed by atoms with Crippen LogP contribution in [0.2, 0.25) is 0 Å². The molecule has 2 aliphatic rings. The third-order valence-electron chi connectivity index (χ3n) is 3.48. The molecular formula is C15H16N2O4. The summed E-state index contributed by atoms with van der Waals surface area (Å²) in [6.07, 6.45) is 7.06. The highest BCUT2D eigenvalue weighted by Crippen LogP contribution is 2.36. The van der Waals surface area contributed by atoms with Gasteiger partial charge in [0.1, 0.15) is 5.75 Å². The zero-order valence-corrected chi connectivity index (χ0v) is 11.5. The lowest BCUT2D eigenvalue weighted by molar-refractivity contribution is -0.136. The average Bonchev–Trinajstić information content (AvgIpc) is 2.47. The quantitative estimate of drug-likeness (QED) is 0.625. The molecule has 3 heterocycles. The van der Waals surface area contributed by atoms with Crippen molar-refractivity contribution in [2.75, 3.05) is 6.54 Å². The molecule has 6 nitrogen and oxygen atoms in total. The van der Waals surface area contributed by atoms with E-state index in [4.69, 9.17) is 9.47 Å². The molecular weight excluding hydrogens is 272 g/mol. The van der Waals surface area contributed by atoms with E-state index < -0.39 is 0 Å². The number of ether oxygens (including phenoxy) is 2. The molecule has 3 rings (SSSR count). The number of esters is 2. The molecule has 0 saturated heterocycles. The first-order chi connectivity index (χ1) is 10.2. The molecule has 0 saturated carbocycles. The highest BCUT2D eigenvalue weighted by Gasteiger charge is 2.26. The lowest BCUT2D eigenvalue weighted by Crippen LogP contribution is -2.27. The highest BCUT2D eigenvalue weighted by molar-refractivity contribution is 5.77. The normalized spacial score (nSPS) is 22.4. The van der Waals surface area contributed by atoms with Gasteiger partial charge in [-0.15, -0.1) is 0 Å². The van der Waals surface area contributed by atoms with Gasteiger partial charge in [0, 0.05) is 31.6 Å². The second kappa shape index (κ2) is 6.05. The number of carbonyl (C=O) groups excluding carboxylic acids is 2. The molecule has 1 unspecified atom stereocenters. The van der Waals surface area contributed by atoms with Gasteiger partial charge in [-0.05, 0) is 18.9 Å². The standard InChI is InChI=1S/C15H16N2O4/c18-12-5-3-6-13(19)21-15-14(10-4-1-2-8-16-10)11(20-12)7-9-17-15/h1-2,7,9-10,16H,3-6,8H2. The summed E-state index contributed by atoms with van der Waals surface area (Å²) in [4.78, 5) is 27.8. The third-order valence-corrected chi connectivity index (χ3v) is 3.48. The fourth-order valence-electron chi connectivity index (χ4n) is 2.47. The maximum atomic E-state index is 11.8. The topological polar surface area (TPSA) is 77.5 Å². The molecule has 2 aliphatic heterocycles. The Morgan fingerprint density at radius 3 is 2.71 bits per heavy atom. The molecule has 0 fully saturated rings. The molecule has 1 atom stereocenters. The number of carbonyl (C=O) groups is 2. The van der Waals surface area contributed by atoms with Crippen molar-refractivity contribution in [1.29, 1.82) is 0 Å². The van der Waals surface area contributed by atoms with Crippen molar-refractivity contribution in [2.24, 2.45) is 0 Å². The second-order valence-electron chi connectivity index (χ2n) is 5.00. The second-order valence-corrected chi connectivity index (χ2v) is 5.00. The van der Waals surface area contributed by atoms with Crippen molar-refractivity contribution in [2.45, 2.75) is 31.7 Å². The van der Waals surface area contributed by atoms with E-state index >= 15 is 0 Å². The van der Waals surface area contributed by atoms with E-state index in [0.29, 0.717) is 24.3 Å². The van der Waals surface area contributed by atoms with Crippen LogP contribution in [0.3, 0.4) is 0 Å². The van der Waals surface area contributed by atoms with E-state index in [1.165, 1.54) is 6.20 Å². The molecule has 6 heteroatoms. The Balaban J connectivity index is 2.03. The third kappa shape index (κ3) is 3.11. The number of aromatic nitrogens is 1. The van der Waals surface area contributed by atoms with E-state index in [9.17, 15) is 9.59 Å². The molecule has 1 aromatic heterocycles. The van der Waals surface area contributed by atoms with Gasteiger partial charge in [0.05, 0.1) is 5.56 Å². The van der Waals surface area contributed by atoms with Crippen molar-refractivity contribution in [3.8, 4) is 11.6 Å². The lowest BCUT2D eigenvalue weighted by Gasteiger charge is -2.24. The van der Waals surface area contributed by atoms with Crippen LogP contribution >= 0.6 is 0 Å². The number of nitrogens with one attached hydrogen (secondary N) is 1. The van der Waals surface area contributed by atoms with Crippen LogP contribution in [-0.2, 0) is 9.59 Å². The van der Waals surface area contributed by atoms with Crippen molar-refractivity contribution in [1.82, 2.24) is 10.3 Å². The number of hydrogen-bond acceptors (Lipinski definition) is 6. The Morgan fingerprint density at radius 1 is 1.14 bits per heavy atom. The largest absolute Gasteiger partial charge is 0.426 e. The van der Waals surface area contributed by atoms with Crippen molar-refractivity contribution >= 4 is 11.9 Å². The first-order valence-corrected chi connectivity index (χ1v) is 7.02. The van der Waals surface area contributed by atoms with E-state index in [1.807, 2.05) is 12.2 Å². The predicted molar refractivity (Wildman–Crippen MR) is 73.9 cm³/mol. The van der Waals surface area contributed by atoms with E-state index in [1.54, 1.807) is 6.07 Å². The molecule has 2 bridgehead atoms.